The van der Waals surface area contributed by atoms with Crippen LogP contribution in [0.2, 0.25) is 0 Å². The third kappa shape index (κ3) is 1.55. The number of hydrogen-bond acceptors (Lipinski definition) is 3. The van der Waals surface area contributed by atoms with Crippen molar-refractivity contribution in [2.45, 2.75) is 0 Å². The van der Waals surface area contributed by atoms with Crippen LogP contribution in [0.25, 0.3) is 16.6 Å². The molecule has 0 saturated heterocycles. The van der Waals surface area contributed by atoms with Gasteiger partial charge in [-0.25, -0.2) is 9.48 Å². The summed E-state index contributed by atoms with van der Waals surface area (Å²) in [4.78, 5) is 27.5. The highest BCUT2D eigenvalue weighted by atomic mass is 16.2. The Morgan fingerprint density at radius 3 is 2.82 bits per heavy atom. The monoisotopic (exact) mass is 228 g/mol. The van der Waals surface area contributed by atoms with Crippen LogP contribution in [0.3, 0.4) is 0 Å². The second kappa shape index (κ2) is 3.44. The molecule has 3 rings (SSSR count). The molecule has 0 atom stereocenters. The number of hydrogen-bond donors (Lipinski definition) is 2. The molecular formula is C11H8N4O2. The topological polar surface area (TPSA) is 83.5 Å². The summed E-state index contributed by atoms with van der Waals surface area (Å²) in [7, 11) is 0. The molecule has 0 fully saturated rings. The molecule has 17 heavy (non-hydrogen) atoms. The highest BCUT2D eigenvalue weighted by Gasteiger charge is 2.03. The molecule has 0 aliphatic rings. The van der Waals surface area contributed by atoms with Gasteiger partial charge >= 0.3 is 5.69 Å². The lowest BCUT2D eigenvalue weighted by molar-refractivity contribution is 0.881. The minimum atomic E-state index is -0.505. The van der Waals surface area contributed by atoms with Gasteiger partial charge in [0.1, 0.15) is 0 Å². The lowest BCUT2D eigenvalue weighted by Gasteiger charge is -2.02. The van der Waals surface area contributed by atoms with Crippen LogP contribution >= 0.6 is 0 Å². The van der Waals surface area contributed by atoms with Gasteiger partial charge in [-0.15, -0.1) is 0 Å². The van der Waals surface area contributed by atoms with Crippen LogP contribution < -0.4 is 11.2 Å². The number of aromatic nitrogens is 4. The summed E-state index contributed by atoms with van der Waals surface area (Å²) < 4.78 is 1.64. The third-order valence-electron chi connectivity index (χ3n) is 2.49. The normalized spacial score (nSPS) is 10.8. The zero-order valence-electron chi connectivity index (χ0n) is 8.68. The third-order valence-corrected chi connectivity index (χ3v) is 2.49. The van der Waals surface area contributed by atoms with Crippen molar-refractivity contribution < 1.29 is 0 Å². The molecule has 2 aromatic heterocycles. The van der Waals surface area contributed by atoms with Crippen LogP contribution in [0, 0.1) is 0 Å². The zero-order chi connectivity index (χ0) is 11.8. The molecular weight excluding hydrogens is 220 g/mol. The summed E-state index contributed by atoms with van der Waals surface area (Å²) in [6, 6.07) is 6.94. The van der Waals surface area contributed by atoms with Gasteiger partial charge in [0.2, 0.25) is 0 Å². The average Bonchev–Trinajstić information content (AvgIpc) is 2.82. The van der Waals surface area contributed by atoms with Crippen LogP contribution in [0.1, 0.15) is 0 Å². The molecule has 2 N–H and O–H groups in total. The van der Waals surface area contributed by atoms with Crippen molar-refractivity contribution in [3.63, 3.8) is 0 Å². The Morgan fingerprint density at radius 1 is 1.18 bits per heavy atom. The van der Waals surface area contributed by atoms with Gasteiger partial charge in [-0.05, 0) is 24.3 Å². The highest BCUT2D eigenvalue weighted by molar-refractivity contribution is 5.79. The van der Waals surface area contributed by atoms with E-state index in [2.05, 4.69) is 15.1 Å². The number of rotatable bonds is 1. The molecule has 0 spiro atoms. The first-order chi connectivity index (χ1) is 8.24. The summed E-state index contributed by atoms with van der Waals surface area (Å²) in [5.74, 6) is 0. The maximum absolute atomic E-state index is 11.6. The van der Waals surface area contributed by atoms with E-state index >= 15 is 0 Å². The van der Waals surface area contributed by atoms with E-state index in [1.54, 1.807) is 41.3 Å². The van der Waals surface area contributed by atoms with Gasteiger partial charge in [0.25, 0.3) is 5.56 Å². The fraction of sp³-hybridized carbons (Fsp3) is 0. The van der Waals surface area contributed by atoms with Crippen molar-refractivity contribution in [1.29, 1.82) is 0 Å². The zero-order valence-corrected chi connectivity index (χ0v) is 8.68. The minimum Gasteiger partial charge on any atom is -0.307 e. The van der Waals surface area contributed by atoms with Crippen molar-refractivity contribution in [2.75, 3.05) is 0 Å². The molecule has 2 heterocycles. The summed E-state index contributed by atoms with van der Waals surface area (Å²) >= 11 is 0. The number of H-pyrrole nitrogens is 2. The van der Waals surface area contributed by atoms with E-state index in [0.29, 0.717) is 10.9 Å². The van der Waals surface area contributed by atoms with Crippen LogP contribution in [0.5, 0.6) is 0 Å². The quantitative estimate of drug-likeness (QED) is 0.632. The Hall–Kier alpha value is -2.63. The largest absolute Gasteiger partial charge is 0.326 e. The van der Waals surface area contributed by atoms with Crippen LogP contribution in [0.15, 0.2) is 46.2 Å². The second-order valence-electron chi connectivity index (χ2n) is 3.59. The van der Waals surface area contributed by atoms with Gasteiger partial charge in [0.05, 0.1) is 16.6 Å². The summed E-state index contributed by atoms with van der Waals surface area (Å²) in [5, 5.41) is 4.50. The first-order valence-electron chi connectivity index (χ1n) is 5.00. The van der Waals surface area contributed by atoms with Crippen molar-refractivity contribution in [2.24, 2.45) is 0 Å². The standard InChI is InChI=1S/C11H8N4O2/c16-10-8-6-7(15-5-1-4-12-15)2-3-9(8)13-11(17)14-10/h1-6H,(H2,13,14,16,17). The Morgan fingerprint density at radius 2 is 2.06 bits per heavy atom. The van der Waals surface area contributed by atoms with Crippen LogP contribution in [0.4, 0.5) is 0 Å². The molecule has 0 amide bonds. The van der Waals surface area contributed by atoms with E-state index in [0.717, 1.165) is 5.69 Å². The minimum absolute atomic E-state index is 0.405. The SMILES string of the molecule is O=c1[nH]c(=O)c2cc(-n3cccn3)ccc2[nH]1. The highest BCUT2D eigenvalue weighted by Crippen LogP contribution is 2.11. The molecule has 1 aromatic carbocycles. The predicted molar refractivity (Wildman–Crippen MR) is 62.3 cm³/mol. The molecule has 6 nitrogen and oxygen atoms in total. The molecule has 0 unspecified atom stereocenters. The molecule has 0 aliphatic heterocycles. The van der Waals surface area contributed by atoms with Gasteiger partial charge in [0.15, 0.2) is 0 Å². The number of aromatic amines is 2. The summed E-state index contributed by atoms with van der Waals surface area (Å²) in [6.45, 7) is 0. The van der Waals surface area contributed by atoms with Crippen molar-refractivity contribution in [3.05, 3.63) is 57.5 Å². The van der Waals surface area contributed by atoms with E-state index < -0.39 is 11.2 Å². The van der Waals surface area contributed by atoms with Crippen LogP contribution in [-0.4, -0.2) is 19.7 Å². The van der Waals surface area contributed by atoms with E-state index in [9.17, 15) is 9.59 Å². The molecule has 0 aliphatic carbocycles. The smallest absolute Gasteiger partial charge is 0.307 e. The molecule has 84 valence electrons. The Labute approximate surface area is 94.5 Å². The maximum atomic E-state index is 11.6. The van der Waals surface area contributed by atoms with E-state index in [1.807, 2.05) is 0 Å². The molecule has 3 aromatic rings. The van der Waals surface area contributed by atoms with Crippen LogP contribution in [-0.2, 0) is 0 Å². The van der Waals surface area contributed by atoms with Crippen molar-refractivity contribution in [3.8, 4) is 5.69 Å². The molecule has 0 radical (unpaired) electrons. The Kier molecular flexibility index (Phi) is 1.94. The Balaban J connectivity index is 2.34. The first kappa shape index (κ1) is 9.59. The van der Waals surface area contributed by atoms with Gasteiger partial charge in [-0.1, -0.05) is 0 Å². The van der Waals surface area contributed by atoms with E-state index in [4.69, 9.17) is 0 Å². The van der Waals surface area contributed by atoms with Gasteiger partial charge in [-0.2, -0.15) is 5.10 Å². The lowest BCUT2D eigenvalue weighted by Crippen LogP contribution is -2.21. The first-order valence-corrected chi connectivity index (χ1v) is 5.00. The number of benzene rings is 1. The second-order valence-corrected chi connectivity index (χ2v) is 3.59. The molecule has 0 saturated carbocycles. The number of nitrogens with one attached hydrogen (secondary N) is 2. The number of fused-ring (bicyclic) bond motifs is 1. The summed E-state index contributed by atoms with van der Waals surface area (Å²) in [6.07, 6.45) is 3.43. The predicted octanol–water partition coefficient (Wildman–Crippen LogP) is 0.402. The van der Waals surface area contributed by atoms with Gasteiger partial charge < -0.3 is 4.98 Å². The molecule has 0 bridgehead atoms. The van der Waals surface area contributed by atoms with Gasteiger partial charge in [0, 0.05) is 12.4 Å². The average molecular weight is 228 g/mol. The van der Waals surface area contributed by atoms with E-state index in [-0.39, 0.29) is 0 Å². The summed E-state index contributed by atoms with van der Waals surface area (Å²) in [5.41, 5.74) is 0.363. The molecule has 6 heteroatoms. The Bertz CT molecular complexity index is 783. The van der Waals surface area contributed by atoms with E-state index in [1.165, 1.54) is 0 Å². The maximum Gasteiger partial charge on any atom is 0.326 e. The fourth-order valence-corrected chi connectivity index (χ4v) is 1.72. The van der Waals surface area contributed by atoms with Crippen molar-refractivity contribution >= 4 is 10.9 Å². The fourth-order valence-electron chi connectivity index (χ4n) is 1.72. The lowest BCUT2D eigenvalue weighted by atomic mass is 10.2. The van der Waals surface area contributed by atoms with Crippen molar-refractivity contribution in [1.82, 2.24) is 19.7 Å². The number of nitrogens with zero attached hydrogens (tertiary/aromatic N) is 2. The van der Waals surface area contributed by atoms with Gasteiger partial charge in [-0.3, -0.25) is 9.78 Å².